The van der Waals surface area contributed by atoms with E-state index < -0.39 is 5.91 Å². The average Bonchev–Trinajstić information content (AvgIpc) is 3.06. The Morgan fingerprint density at radius 2 is 1.87 bits per heavy atom. The Morgan fingerprint density at radius 3 is 2.65 bits per heavy atom. The van der Waals surface area contributed by atoms with Gasteiger partial charge in [0.15, 0.2) is 5.69 Å². The predicted octanol–water partition coefficient (Wildman–Crippen LogP) is 2.37. The Kier molecular flexibility index (Phi) is 7.04. The van der Waals surface area contributed by atoms with Gasteiger partial charge in [-0.05, 0) is 50.6 Å². The van der Waals surface area contributed by atoms with Crippen LogP contribution in [-0.4, -0.2) is 73.1 Å². The molecule has 4 rings (SSSR count). The van der Waals surface area contributed by atoms with E-state index in [0.717, 1.165) is 63.7 Å². The van der Waals surface area contributed by atoms with Crippen molar-refractivity contribution in [2.45, 2.75) is 31.8 Å². The molecular formula is C24H33N5O2. The smallest absolute Gasteiger partial charge is 0.269 e. The molecule has 31 heavy (non-hydrogen) atoms. The molecule has 0 spiro atoms. The van der Waals surface area contributed by atoms with Gasteiger partial charge in [0.2, 0.25) is 0 Å². The van der Waals surface area contributed by atoms with E-state index in [2.05, 4.69) is 31.8 Å². The van der Waals surface area contributed by atoms with E-state index in [4.69, 9.17) is 10.5 Å². The van der Waals surface area contributed by atoms with E-state index in [1.54, 1.807) is 13.3 Å². The molecule has 0 aliphatic carbocycles. The van der Waals surface area contributed by atoms with Crippen LogP contribution in [0, 0.1) is 0 Å². The van der Waals surface area contributed by atoms with Gasteiger partial charge in [0.1, 0.15) is 5.75 Å². The van der Waals surface area contributed by atoms with Gasteiger partial charge in [-0.25, -0.2) is 4.98 Å². The first-order chi connectivity index (χ1) is 15.2. The number of primary amides is 1. The molecule has 2 aromatic rings. The van der Waals surface area contributed by atoms with Crippen LogP contribution >= 0.6 is 0 Å². The van der Waals surface area contributed by atoms with Crippen molar-refractivity contribution in [3.8, 4) is 5.75 Å². The normalized spacial score (nSPS) is 19.2. The van der Waals surface area contributed by atoms with Crippen LogP contribution in [-0.2, 0) is 6.54 Å². The van der Waals surface area contributed by atoms with Crippen molar-refractivity contribution < 1.29 is 9.53 Å². The zero-order valence-corrected chi connectivity index (χ0v) is 18.4. The number of likely N-dealkylation sites (tertiary alicyclic amines) is 1. The molecule has 3 heterocycles. The summed E-state index contributed by atoms with van der Waals surface area (Å²) in [5.41, 5.74) is 8.04. The number of nitrogens with two attached hydrogens (primary N) is 1. The Morgan fingerprint density at radius 1 is 1.06 bits per heavy atom. The van der Waals surface area contributed by atoms with Gasteiger partial charge in [-0.2, -0.15) is 0 Å². The third-order valence-electron chi connectivity index (χ3n) is 6.55. The van der Waals surface area contributed by atoms with Crippen molar-refractivity contribution in [2.24, 2.45) is 5.73 Å². The van der Waals surface area contributed by atoms with E-state index in [9.17, 15) is 4.79 Å². The highest BCUT2D eigenvalue weighted by Gasteiger charge is 2.27. The van der Waals surface area contributed by atoms with Crippen molar-refractivity contribution in [2.75, 3.05) is 51.3 Å². The lowest BCUT2D eigenvalue weighted by atomic mass is 10.0. The number of anilines is 1. The van der Waals surface area contributed by atoms with E-state index >= 15 is 0 Å². The highest BCUT2D eigenvalue weighted by molar-refractivity contribution is 5.96. The monoisotopic (exact) mass is 423 g/mol. The highest BCUT2D eigenvalue weighted by Crippen LogP contribution is 2.25. The topological polar surface area (TPSA) is 74.9 Å². The van der Waals surface area contributed by atoms with Crippen LogP contribution in [0.4, 0.5) is 5.69 Å². The number of pyridine rings is 1. The lowest BCUT2D eigenvalue weighted by molar-refractivity contribution is 0.0996. The minimum Gasteiger partial charge on any atom is -0.496 e. The third kappa shape index (κ3) is 5.17. The average molecular weight is 424 g/mol. The zero-order chi connectivity index (χ0) is 21.6. The van der Waals surface area contributed by atoms with Gasteiger partial charge in [0.05, 0.1) is 12.8 Å². The van der Waals surface area contributed by atoms with Crippen LogP contribution < -0.4 is 15.4 Å². The standard InChI is InChI=1S/C24H33N5O2/c1-31-22-8-3-2-6-19(22)18-27-14-9-20(10-15-27)28-12-5-13-29(17-16-28)21-7-4-11-26-23(21)24(25)30/h2-4,6-8,11,20H,5,9-10,12-18H2,1H3,(H2,25,30). The molecule has 166 valence electrons. The van der Waals surface area contributed by atoms with E-state index in [0.29, 0.717) is 11.7 Å². The molecule has 2 aliphatic rings. The molecule has 0 unspecified atom stereocenters. The second-order valence-electron chi connectivity index (χ2n) is 8.43. The molecule has 2 fully saturated rings. The fraction of sp³-hybridized carbons (Fsp3) is 0.500. The van der Waals surface area contributed by atoms with Crippen LogP contribution in [0.25, 0.3) is 0 Å². The molecule has 7 nitrogen and oxygen atoms in total. The molecule has 2 N–H and O–H groups in total. The molecule has 0 saturated carbocycles. The summed E-state index contributed by atoms with van der Waals surface area (Å²) in [6.07, 6.45) is 5.09. The minimum atomic E-state index is -0.459. The maximum Gasteiger partial charge on any atom is 0.269 e. The summed E-state index contributed by atoms with van der Waals surface area (Å²) >= 11 is 0. The second kappa shape index (κ2) is 10.1. The summed E-state index contributed by atoms with van der Waals surface area (Å²) in [7, 11) is 1.74. The van der Waals surface area contributed by atoms with Crippen LogP contribution in [0.2, 0.25) is 0 Å². The molecule has 0 radical (unpaired) electrons. The number of amides is 1. The number of ether oxygens (including phenoxy) is 1. The van der Waals surface area contributed by atoms with E-state index in [1.165, 1.54) is 18.4 Å². The lowest BCUT2D eigenvalue weighted by Gasteiger charge is -2.38. The Labute approximate surface area is 184 Å². The number of piperidine rings is 1. The number of nitrogens with zero attached hydrogens (tertiary/aromatic N) is 4. The molecule has 0 bridgehead atoms. The number of carbonyl (C=O) groups excluding carboxylic acids is 1. The van der Waals surface area contributed by atoms with Crippen molar-refractivity contribution >= 4 is 11.6 Å². The number of benzene rings is 1. The predicted molar refractivity (Wildman–Crippen MR) is 122 cm³/mol. The maximum atomic E-state index is 11.8. The SMILES string of the molecule is COc1ccccc1CN1CCC(N2CCCN(c3cccnc3C(N)=O)CC2)CC1. The molecule has 2 aliphatic heterocycles. The van der Waals surface area contributed by atoms with Crippen molar-refractivity contribution in [1.82, 2.24) is 14.8 Å². The third-order valence-corrected chi connectivity index (χ3v) is 6.55. The summed E-state index contributed by atoms with van der Waals surface area (Å²) in [4.78, 5) is 23.4. The minimum absolute atomic E-state index is 0.376. The van der Waals surface area contributed by atoms with Gasteiger partial charge in [-0.15, -0.1) is 0 Å². The number of hydrogen-bond donors (Lipinski definition) is 1. The van der Waals surface area contributed by atoms with Crippen LogP contribution in [0.5, 0.6) is 5.75 Å². The largest absolute Gasteiger partial charge is 0.496 e. The first-order valence-corrected chi connectivity index (χ1v) is 11.2. The Hall–Kier alpha value is -2.64. The maximum absolute atomic E-state index is 11.8. The van der Waals surface area contributed by atoms with Gasteiger partial charge >= 0.3 is 0 Å². The molecule has 0 atom stereocenters. The van der Waals surface area contributed by atoms with Crippen molar-refractivity contribution in [3.05, 3.63) is 53.9 Å². The summed E-state index contributed by atoms with van der Waals surface area (Å²) in [5.74, 6) is 0.516. The molecule has 2 saturated heterocycles. The number of para-hydroxylation sites is 1. The molecular weight excluding hydrogens is 390 g/mol. The first-order valence-electron chi connectivity index (χ1n) is 11.2. The number of hydrogen-bond acceptors (Lipinski definition) is 6. The summed E-state index contributed by atoms with van der Waals surface area (Å²) in [5, 5.41) is 0. The number of carbonyl (C=O) groups is 1. The number of rotatable bonds is 6. The molecule has 1 amide bonds. The lowest BCUT2D eigenvalue weighted by Crippen LogP contribution is -2.46. The Balaban J connectivity index is 1.31. The van der Waals surface area contributed by atoms with Gasteiger partial charge < -0.3 is 15.4 Å². The van der Waals surface area contributed by atoms with Gasteiger partial charge in [-0.1, -0.05) is 18.2 Å². The highest BCUT2D eigenvalue weighted by atomic mass is 16.5. The summed E-state index contributed by atoms with van der Waals surface area (Å²) < 4.78 is 5.51. The van der Waals surface area contributed by atoms with Crippen LogP contribution in [0.1, 0.15) is 35.3 Å². The number of aromatic nitrogens is 1. The first kappa shape index (κ1) is 21.6. The fourth-order valence-electron chi connectivity index (χ4n) is 4.90. The second-order valence-corrected chi connectivity index (χ2v) is 8.43. The van der Waals surface area contributed by atoms with Crippen molar-refractivity contribution in [3.63, 3.8) is 0 Å². The summed E-state index contributed by atoms with van der Waals surface area (Å²) in [6, 6.07) is 12.8. The van der Waals surface area contributed by atoms with Crippen LogP contribution in [0.3, 0.4) is 0 Å². The van der Waals surface area contributed by atoms with Crippen LogP contribution in [0.15, 0.2) is 42.6 Å². The van der Waals surface area contributed by atoms with E-state index in [1.807, 2.05) is 24.3 Å². The zero-order valence-electron chi connectivity index (χ0n) is 18.4. The quantitative estimate of drug-likeness (QED) is 0.769. The van der Waals surface area contributed by atoms with Gasteiger partial charge in [0, 0.05) is 50.5 Å². The molecule has 1 aromatic heterocycles. The molecule has 7 heteroatoms. The van der Waals surface area contributed by atoms with Crippen molar-refractivity contribution in [1.29, 1.82) is 0 Å². The van der Waals surface area contributed by atoms with Gasteiger partial charge in [-0.3, -0.25) is 14.6 Å². The summed E-state index contributed by atoms with van der Waals surface area (Å²) in [6.45, 7) is 7.09. The number of methoxy groups -OCH3 is 1. The molecule has 1 aromatic carbocycles. The van der Waals surface area contributed by atoms with Gasteiger partial charge in [0.25, 0.3) is 5.91 Å². The van der Waals surface area contributed by atoms with E-state index in [-0.39, 0.29) is 0 Å². The Bertz CT molecular complexity index is 882. The fourth-order valence-corrected chi connectivity index (χ4v) is 4.90.